The van der Waals surface area contributed by atoms with Crippen molar-refractivity contribution >= 4 is 11.0 Å². The molecule has 5 nitrogen and oxygen atoms in total. The fraction of sp³-hybridized carbons (Fsp3) is 0.435. The molecule has 1 aromatic heterocycles. The van der Waals surface area contributed by atoms with Gasteiger partial charge in [-0.1, -0.05) is 29.8 Å². The van der Waals surface area contributed by atoms with Gasteiger partial charge >= 0.3 is 0 Å². The number of nitrogens with zero attached hydrogens (tertiary/aromatic N) is 2. The highest BCUT2D eigenvalue weighted by Crippen LogP contribution is 2.17. The summed E-state index contributed by atoms with van der Waals surface area (Å²) in [7, 11) is 0. The Labute approximate surface area is 166 Å². The molecule has 148 valence electrons. The normalized spacial score (nSPS) is 15.2. The predicted octanol–water partition coefficient (Wildman–Crippen LogP) is 2.62. The van der Waals surface area contributed by atoms with E-state index in [0.29, 0.717) is 0 Å². The Morgan fingerprint density at radius 1 is 1.04 bits per heavy atom. The number of para-hydroxylation sites is 2. The first kappa shape index (κ1) is 19.0. The molecule has 1 saturated heterocycles. The van der Waals surface area contributed by atoms with Gasteiger partial charge in [0, 0.05) is 6.54 Å². The van der Waals surface area contributed by atoms with Crippen LogP contribution in [0.5, 0.6) is 5.75 Å². The standard InChI is InChI=1S/C23H29N3O2/c1-19-8-10-20(11-9-19)28-15-5-4-12-26-22-7-3-2-6-21(22)24-23(26)18-25-13-16-27-17-14-25/h2-3,6-11H,4-5,12-18H2,1H3/p+1. The van der Waals surface area contributed by atoms with E-state index in [-0.39, 0.29) is 0 Å². The predicted molar refractivity (Wildman–Crippen MR) is 111 cm³/mol. The summed E-state index contributed by atoms with van der Waals surface area (Å²) in [5.41, 5.74) is 3.60. The maximum atomic E-state index is 5.88. The number of rotatable bonds is 8. The van der Waals surface area contributed by atoms with Crippen LogP contribution in [0.1, 0.15) is 24.2 Å². The Balaban J connectivity index is 1.36. The van der Waals surface area contributed by atoms with Gasteiger partial charge in [-0.15, -0.1) is 0 Å². The van der Waals surface area contributed by atoms with Gasteiger partial charge in [0.05, 0.1) is 30.9 Å². The van der Waals surface area contributed by atoms with Gasteiger partial charge in [-0.05, 0) is 44.0 Å². The monoisotopic (exact) mass is 380 g/mol. The lowest BCUT2D eigenvalue weighted by Gasteiger charge is -2.23. The number of imidazole rings is 1. The zero-order chi connectivity index (χ0) is 19.2. The first-order chi connectivity index (χ1) is 13.8. The summed E-state index contributed by atoms with van der Waals surface area (Å²) in [6.07, 6.45) is 2.11. The van der Waals surface area contributed by atoms with Crippen LogP contribution in [0.25, 0.3) is 11.0 Å². The number of morpholine rings is 1. The topological polar surface area (TPSA) is 40.7 Å². The summed E-state index contributed by atoms with van der Waals surface area (Å²) >= 11 is 0. The second-order valence-corrected chi connectivity index (χ2v) is 7.58. The largest absolute Gasteiger partial charge is 0.494 e. The fourth-order valence-corrected chi connectivity index (χ4v) is 3.77. The fourth-order valence-electron chi connectivity index (χ4n) is 3.77. The minimum atomic E-state index is 0.750. The average Bonchev–Trinajstić information content (AvgIpc) is 3.07. The van der Waals surface area contributed by atoms with Crippen LogP contribution in [0.2, 0.25) is 0 Å². The lowest BCUT2D eigenvalue weighted by atomic mass is 10.2. The van der Waals surface area contributed by atoms with E-state index in [1.807, 2.05) is 12.1 Å². The summed E-state index contributed by atoms with van der Waals surface area (Å²) in [6, 6.07) is 16.7. The number of fused-ring (bicyclic) bond motifs is 1. The van der Waals surface area contributed by atoms with Crippen molar-refractivity contribution in [2.75, 3.05) is 32.9 Å². The van der Waals surface area contributed by atoms with Gasteiger partial charge in [0.15, 0.2) is 5.82 Å². The van der Waals surface area contributed by atoms with E-state index in [4.69, 9.17) is 14.5 Å². The molecule has 0 saturated carbocycles. The Hall–Kier alpha value is -2.37. The third-order valence-corrected chi connectivity index (χ3v) is 5.41. The SMILES string of the molecule is Cc1ccc(OCCCCn2c(C[NH+]3CCOCC3)nc3ccccc32)cc1. The van der Waals surface area contributed by atoms with Crippen molar-refractivity contribution in [1.29, 1.82) is 0 Å². The molecule has 3 aromatic rings. The van der Waals surface area contributed by atoms with E-state index in [1.54, 1.807) is 4.90 Å². The van der Waals surface area contributed by atoms with E-state index in [2.05, 4.69) is 47.9 Å². The molecular weight excluding hydrogens is 350 g/mol. The number of unbranched alkanes of at least 4 members (excludes halogenated alkanes) is 1. The van der Waals surface area contributed by atoms with Crippen LogP contribution in [-0.4, -0.2) is 42.5 Å². The lowest BCUT2D eigenvalue weighted by Crippen LogP contribution is -3.12. The number of ether oxygens (including phenoxy) is 2. The number of aromatic nitrogens is 2. The minimum Gasteiger partial charge on any atom is -0.494 e. The molecule has 4 rings (SSSR count). The van der Waals surface area contributed by atoms with E-state index in [1.165, 1.54) is 16.9 Å². The van der Waals surface area contributed by atoms with Crippen molar-refractivity contribution in [2.45, 2.75) is 32.9 Å². The summed E-state index contributed by atoms with van der Waals surface area (Å²) in [5.74, 6) is 2.15. The second-order valence-electron chi connectivity index (χ2n) is 7.58. The molecule has 1 fully saturated rings. The molecule has 0 bridgehead atoms. The van der Waals surface area contributed by atoms with Crippen molar-refractivity contribution in [3.8, 4) is 5.75 Å². The number of hydrogen-bond acceptors (Lipinski definition) is 3. The van der Waals surface area contributed by atoms with Crippen LogP contribution >= 0.6 is 0 Å². The smallest absolute Gasteiger partial charge is 0.165 e. The van der Waals surface area contributed by atoms with Gasteiger partial charge in [0.25, 0.3) is 0 Å². The van der Waals surface area contributed by atoms with Crippen LogP contribution in [0, 0.1) is 6.92 Å². The molecule has 0 atom stereocenters. The van der Waals surface area contributed by atoms with E-state index >= 15 is 0 Å². The molecular formula is C23H30N3O2+. The van der Waals surface area contributed by atoms with Gasteiger partial charge in [-0.3, -0.25) is 0 Å². The highest BCUT2D eigenvalue weighted by atomic mass is 16.5. The zero-order valence-corrected chi connectivity index (χ0v) is 16.7. The van der Waals surface area contributed by atoms with E-state index < -0.39 is 0 Å². The third kappa shape index (κ3) is 4.72. The summed E-state index contributed by atoms with van der Waals surface area (Å²) in [6.45, 7) is 8.63. The van der Waals surface area contributed by atoms with Crippen LogP contribution in [0.3, 0.4) is 0 Å². The van der Waals surface area contributed by atoms with E-state index in [9.17, 15) is 0 Å². The van der Waals surface area contributed by atoms with Crippen LogP contribution in [0.4, 0.5) is 0 Å². The number of hydrogen-bond donors (Lipinski definition) is 1. The molecule has 0 spiro atoms. The van der Waals surface area contributed by atoms with Crippen LogP contribution in [-0.2, 0) is 17.8 Å². The Bertz CT molecular complexity index is 883. The maximum Gasteiger partial charge on any atom is 0.165 e. The summed E-state index contributed by atoms with van der Waals surface area (Å²) in [4.78, 5) is 6.49. The van der Waals surface area contributed by atoms with E-state index in [0.717, 1.165) is 70.1 Å². The van der Waals surface area contributed by atoms with Gasteiger partial charge in [-0.25, -0.2) is 4.98 Å². The number of aryl methyl sites for hydroxylation is 2. The first-order valence-electron chi connectivity index (χ1n) is 10.3. The summed E-state index contributed by atoms with van der Waals surface area (Å²) in [5, 5.41) is 0. The molecule has 0 radical (unpaired) electrons. The molecule has 2 heterocycles. The maximum absolute atomic E-state index is 5.88. The van der Waals surface area contributed by atoms with Crippen molar-refractivity contribution in [1.82, 2.24) is 9.55 Å². The Morgan fingerprint density at radius 3 is 2.64 bits per heavy atom. The average molecular weight is 381 g/mol. The Morgan fingerprint density at radius 2 is 1.82 bits per heavy atom. The van der Waals surface area contributed by atoms with Gasteiger partial charge < -0.3 is 18.9 Å². The molecule has 2 aromatic carbocycles. The molecule has 1 aliphatic rings. The van der Waals surface area contributed by atoms with Crippen LogP contribution < -0.4 is 9.64 Å². The number of nitrogens with one attached hydrogen (secondary N) is 1. The molecule has 0 unspecified atom stereocenters. The number of benzene rings is 2. The second kappa shape index (κ2) is 9.22. The van der Waals surface area contributed by atoms with Crippen LogP contribution in [0.15, 0.2) is 48.5 Å². The molecule has 1 aliphatic heterocycles. The van der Waals surface area contributed by atoms with Crippen molar-refractivity contribution in [3.05, 3.63) is 59.9 Å². The Kier molecular flexibility index (Phi) is 6.24. The highest BCUT2D eigenvalue weighted by molar-refractivity contribution is 5.75. The minimum absolute atomic E-state index is 0.750. The molecule has 5 heteroatoms. The molecule has 28 heavy (non-hydrogen) atoms. The highest BCUT2D eigenvalue weighted by Gasteiger charge is 2.19. The first-order valence-corrected chi connectivity index (χ1v) is 10.3. The van der Waals surface area contributed by atoms with Crippen molar-refractivity contribution in [3.63, 3.8) is 0 Å². The lowest BCUT2D eigenvalue weighted by molar-refractivity contribution is -0.922. The molecule has 0 aliphatic carbocycles. The van der Waals surface area contributed by atoms with Gasteiger partial charge in [0.1, 0.15) is 25.4 Å². The van der Waals surface area contributed by atoms with Crippen molar-refractivity contribution in [2.24, 2.45) is 0 Å². The van der Waals surface area contributed by atoms with Gasteiger partial charge in [-0.2, -0.15) is 0 Å². The number of quaternary nitrogens is 1. The quantitative estimate of drug-likeness (QED) is 0.611. The molecule has 1 N–H and O–H groups in total. The zero-order valence-electron chi connectivity index (χ0n) is 16.7. The third-order valence-electron chi connectivity index (χ3n) is 5.41. The van der Waals surface area contributed by atoms with Gasteiger partial charge in [0.2, 0.25) is 0 Å². The molecule has 0 amide bonds. The summed E-state index contributed by atoms with van der Waals surface area (Å²) < 4.78 is 13.8. The van der Waals surface area contributed by atoms with Crippen molar-refractivity contribution < 1.29 is 14.4 Å².